The van der Waals surface area contributed by atoms with Crippen LogP contribution in [0.2, 0.25) is 0 Å². The summed E-state index contributed by atoms with van der Waals surface area (Å²) in [6.07, 6.45) is 0. The van der Waals surface area contributed by atoms with E-state index in [0.717, 1.165) is 6.07 Å². The van der Waals surface area contributed by atoms with Crippen LogP contribution in [0.25, 0.3) is 0 Å². The number of aliphatic hydroxyl groups excluding tert-OH is 1. The van der Waals surface area contributed by atoms with Gasteiger partial charge in [-0.2, -0.15) is 0 Å². The Bertz CT molecular complexity index is 424. The molecule has 0 radical (unpaired) electrons. The number of benzene rings is 1. The summed E-state index contributed by atoms with van der Waals surface area (Å²) in [4.78, 5) is 11.9. The molecule has 0 heterocycles. The van der Waals surface area contributed by atoms with Crippen LogP contribution in [0.3, 0.4) is 0 Å². The van der Waals surface area contributed by atoms with E-state index in [2.05, 4.69) is 5.32 Å². The van der Waals surface area contributed by atoms with E-state index in [4.69, 9.17) is 10.8 Å². The summed E-state index contributed by atoms with van der Waals surface area (Å²) >= 11 is 0. The Balaban J connectivity index is 2.91. The minimum atomic E-state index is -0.509. The number of hydrogen-bond acceptors (Lipinski definition) is 3. The van der Waals surface area contributed by atoms with Crippen LogP contribution in [0, 0.1) is 18.7 Å². The standard InChI is InChI=1S/C13H19FN2O2/c1-7(2)12(6-17)16-13(18)9-4-10(14)8(3)11(15)5-9/h4-5,7,12,17H,6,15H2,1-3H3,(H,16,18). The third-order valence-corrected chi connectivity index (χ3v) is 2.96. The van der Waals surface area contributed by atoms with Crippen molar-refractivity contribution in [1.82, 2.24) is 5.32 Å². The Morgan fingerprint density at radius 1 is 1.50 bits per heavy atom. The van der Waals surface area contributed by atoms with Gasteiger partial charge >= 0.3 is 0 Å². The second-order valence-corrected chi connectivity index (χ2v) is 4.68. The molecule has 100 valence electrons. The summed E-state index contributed by atoms with van der Waals surface area (Å²) in [6.45, 7) is 5.15. The number of aliphatic hydroxyl groups is 1. The predicted octanol–water partition coefficient (Wildman–Crippen LogP) is 1.46. The van der Waals surface area contributed by atoms with Crippen molar-refractivity contribution in [3.8, 4) is 0 Å². The van der Waals surface area contributed by atoms with Crippen LogP contribution in [0.1, 0.15) is 29.8 Å². The SMILES string of the molecule is Cc1c(N)cc(C(=O)NC(CO)C(C)C)cc1F. The number of nitrogens with two attached hydrogens (primary N) is 1. The maximum atomic E-state index is 13.5. The zero-order chi connectivity index (χ0) is 13.9. The monoisotopic (exact) mass is 254 g/mol. The fraction of sp³-hybridized carbons (Fsp3) is 0.462. The molecule has 5 heteroatoms. The van der Waals surface area contributed by atoms with Gasteiger partial charge in [-0.15, -0.1) is 0 Å². The molecule has 1 amide bonds. The number of carbonyl (C=O) groups excluding carboxylic acids is 1. The lowest BCUT2D eigenvalue weighted by Crippen LogP contribution is -2.41. The van der Waals surface area contributed by atoms with Crippen molar-refractivity contribution in [1.29, 1.82) is 0 Å². The van der Waals surface area contributed by atoms with Crippen LogP contribution in [0.4, 0.5) is 10.1 Å². The molecule has 1 rings (SSSR count). The molecule has 4 N–H and O–H groups in total. The molecule has 1 aromatic carbocycles. The molecule has 0 aliphatic rings. The van der Waals surface area contributed by atoms with E-state index in [1.165, 1.54) is 6.07 Å². The van der Waals surface area contributed by atoms with Gasteiger partial charge in [0.2, 0.25) is 0 Å². The van der Waals surface area contributed by atoms with E-state index >= 15 is 0 Å². The van der Waals surface area contributed by atoms with Gasteiger partial charge in [0.15, 0.2) is 0 Å². The number of halogens is 1. The minimum Gasteiger partial charge on any atom is -0.398 e. The summed E-state index contributed by atoms with van der Waals surface area (Å²) in [5.74, 6) is -0.856. The molecule has 0 spiro atoms. The van der Waals surface area contributed by atoms with Crippen molar-refractivity contribution in [3.63, 3.8) is 0 Å². The van der Waals surface area contributed by atoms with Crippen molar-refractivity contribution in [3.05, 3.63) is 29.1 Å². The smallest absolute Gasteiger partial charge is 0.251 e. The first-order valence-electron chi connectivity index (χ1n) is 5.84. The van der Waals surface area contributed by atoms with Gasteiger partial charge < -0.3 is 16.2 Å². The van der Waals surface area contributed by atoms with Crippen molar-refractivity contribution in [2.24, 2.45) is 5.92 Å². The van der Waals surface area contributed by atoms with Crippen molar-refractivity contribution in [2.45, 2.75) is 26.8 Å². The highest BCUT2D eigenvalue weighted by Crippen LogP contribution is 2.17. The second-order valence-electron chi connectivity index (χ2n) is 4.68. The van der Waals surface area contributed by atoms with Crippen LogP contribution < -0.4 is 11.1 Å². The summed E-state index contributed by atoms with van der Waals surface area (Å²) < 4.78 is 13.5. The van der Waals surface area contributed by atoms with Crippen LogP contribution in [-0.2, 0) is 0 Å². The first-order chi connectivity index (χ1) is 8.36. The molecule has 0 aromatic heterocycles. The van der Waals surface area contributed by atoms with Gasteiger partial charge in [0.05, 0.1) is 12.6 Å². The Hall–Kier alpha value is -1.62. The van der Waals surface area contributed by atoms with Crippen LogP contribution >= 0.6 is 0 Å². The molecular formula is C13H19FN2O2. The maximum Gasteiger partial charge on any atom is 0.251 e. The number of amides is 1. The third kappa shape index (κ3) is 3.20. The van der Waals surface area contributed by atoms with Gasteiger partial charge in [0, 0.05) is 16.8 Å². The van der Waals surface area contributed by atoms with Crippen molar-refractivity contribution >= 4 is 11.6 Å². The molecule has 1 atom stereocenters. The average Bonchev–Trinajstić information content (AvgIpc) is 2.31. The summed E-state index contributed by atoms with van der Waals surface area (Å²) in [5, 5.41) is 11.8. The first kappa shape index (κ1) is 14.4. The van der Waals surface area contributed by atoms with E-state index in [1.54, 1.807) is 6.92 Å². The van der Waals surface area contributed by atoms with Crippen molar-refractivity contribution in [2.75, 3.05) is 12.3 Å². The Labute approximate surface area is 106 Å². The van der Waals surface area contributed by atoms with Crippen LogP contribution in [0.5, 0.6) is 0 Å². The second kappa shape index (κ2) is 5.82. The summed E-state index contributed by atoms with van der Waals surface area (Å²) in [7, 11) is 0. The molecule has 0 saturated heterocycles. The number of nitrogens with one attached hydrogen (secondary N) is 1. The molecule has 0 saturated carbocycles. The van der Waals surface area contributed by atoms with E-state index < -0.39 is 11.7 Å². The van der Waals surface area contributed by atoms with Gasteiger partial charge in [-0.25, -0.2) is 4.39 Å². The van der Waals surface area contributed by atoms with E-state index in [0.29, 0.717) is 5.56 Å². The molecule has 4 nitrogen and oxygen atoms in total. The molecule has 0 bridgehead atoms. The molecule has 0 aliphatic carbocycles. The predicted molar refractivity (Wildman–Crippen MR) is 68.7 cm³/mol. The third-order valence-electron chi connectivity index (χ3n) is 2.96. The lowest BCUT2D eigenvalue weighted by atomic mass is 10.0. The zero-order valence-electron chi connectivity index (χ0n) is 10.8. The quantitative estimate of drug-likeness (QED) is 0.712. The Kier molecular flexibility index (Phi) is 4.67. The lowest BCUT2D eigenvalue weighted by Gasteiger charge is -2.20. The summed E-state index contributed by atoms with van der Waals surface area (Å²) in [6, 6.07) is 2.22. The number of hydrogen-bond donors (Lipinski definition) is 3. The summed E-state index contributed by atoms with van der Waals surface area (Å²) in [5.41, 5.74) is 6.34. The fourth-order valence-electron chi connectivity index (χ4n) is 1.51. The fourth-order valence-corrected chi connectivity index (χ4v) is 1.51. The van der Waals surface area contributed by atoms with Crippen molar-refractivity contribution < 1.29 is 14.3 Å². The molecule has 1 unspecified atom stereocenters. The van der Waals surface area contributed by atoms with Crippen LogP contribution in [-0.4, -0.2) is 23.7 Å². The van der Waals surface area contributed by atoms with Crippen LogP contribution in [0.15, 0.2) is 12.1 Å². The van der Waals surface area contributed by atoms with Gasteiger partial charge in [-0.3, -0.25) is 4.79 Å². The molecular weight excluding hydrogens is 235 g/mol. The normalized spacial score (nSPS) is 12.6. The van der Waals surface area contributed by atoms with E-state index in [1.807, 2.05) is 13.8 Å². The minimum absolute atomic E-state index is 0.0894. The molecule has 1 aromatic rings. The lowest BCUT2D eigenvalue weighted by molar-refractivity contribution is 0.0896. The van der Waals surface area contributed by atoms with Gasteiger partial charge in [-0.05, 0) is 25.0 Å². The van der Waals surface area contributed by atoms with Gasteiger partial charge in [0.25, 0.3) is 5.91 Å². The van der Waals surface area contributed by atoms with E-state index in [9.17, 15) is 9.18 Å². The number of carbonyl (C=O) groups is 1. The molecule has 0 fully saturated rings. The number of rotatable bonds is 4. The Morgan fingerprint density at radius 3 is 2.56 bits per heavy atom. The number of nitrogen functional groups attached to an aromatic ring is 1. The number of anilines is 1. The zero-order valence-corrected chi connectivity index (χ0v) is 10.8. The largest absolute Gasteiger partial charge is 0.398 e. The molecule has 18 heavy (non-hydrogen) atoms. The topological polar surface area (TPSA) is 75.4 Å². The highest BCUT2D eigenvalue weighted by atomic mass is 19.1. The Morgan fingerprint density at radius 2 is 2.11 bits per heavy atom. The van der Waals surface area contributed by atoms with Gasteiger partial charge in [-0.1, -0.05) is 13.8 Å². The first-order valence-corrected chi connectivity index (χ1v) is 5.84. The maximum absolute atomic E-state index is 13.5. The molecule has 0 aliphatic heterocycles. The highest BCUT2D eigenvalue weighted by Gasteiger charge is 2.17. The highest BCUT2D eigenvalue weighted by molar-refractivity contribution is 5.95. The van der Waals surface area contributed by atoms with Gasteiger partial charge in [0.1, 0.15) is 5.82 Å². The van der Waals surface area contributed by atoms with E-state index in [-0.39, 0.29) is 29.8 Å². The average molecular weight is 254 g/mol.